The van der Waals surface area contributed by atoms with E-state index in [0.29, 0.717) is 34.1 Å². The molecule has 0 saturated heterocycles. The fourth-order valence-corrected chi connectivity index (χ4v) is 5.11. The zero-order valence-electron chi connectivity index (χ0n) is 20.0. The highest BCUT2D eigenvalue weighted by Crippen LogP contribution is 2.50. The molecule has 0 aliphatic carbocycles. The zero-order valence-corrected chi connectivity index (χ0v) is 20.0. The van der Waals surface area contributed by atoms with Gasteiger partial charge in [0.05, 0.1) is 26.2 Å². The molecular formula is C29H23NO6. The number of rotatable bonds is 4. The number of fused-ring (bicyclic) bond motifs is 4. The molecule has 0 spiro atoms. The molecule has 4 aromatic rings. The summed E-state index contributed by atoms with van der Waals surface area (Å²) in [4.78, 5) is 25.9. The highest BCUT2D eigenvalue weighted by atomic mass is 16.5. The molecule has 0 unspecified atom stereocenters. The maximum absolute atomic E-state index is 13.4. The molecule has 2 aliphatic heterocycles. The molecule has 7 heteroatoms. The minimum absolute atomic E-state index is 0.0893. The van der Waals surface area contributed by atoms with Crippen LogP contribution in [-0.2, 0) is 11.8 Å². The van der Waals surface area contributed by atoms with Crippen LogP contribution in [-0.4, -0.2) is 30.5 Å². The Balaban J connectivity index is 1.48. The molecular weight excluding hydrogens is 458 g/mol. The van der Waals surface area contributed by atoms with Gasteiger partial charge >= 0.3 is 5.97 Å². The van der Waals surface area contributed by atoms with Gasteiger partial charge in [-0.3, -0.25) is 9.59 Å². The highest BCUT2D eigenvalue weighted by molar-refractivity contribution is 6.15. The van der Waals surface area contributed by atoms with Crippen molar-refractivity contribution < 1.29 is 28.5 Å². The largest absolute Gasteiger partial charge is 0.497 e. The van der Waals surface area contributed by atoms with Crippen molar-refractivity contribution in [3.05, 3.63) is 88.8 Å². The molecule has 180 valence electrons. The maximum atomic E-state index is 13.4. The Hall–Kier alpha value is -4.52. The molecule has 36 heavy (non-hydrogen) atoms. The number of hydrogen-bond donors (Lipinski definition) is 0. The van der Waals surface area contributed by atoms with Crippen molar-refractivity contribution in [3.63, 3.8) is 0 Å². The smallest absolute Gasteiger partial charge is 0.312 e. The number of ether oxygens (including phenoxy) is 4. The van der Waals surface area contributed by atoms with Crippen LogP contribution in [0.3, 0.4) is 0 Å². The fourth-order valence-electron chi connectivity index (χ4n) is 5.11. The molecule has 0 fully saturated rings. The molecule has 3 aromatic carbocycles. The SMILES string of the molecule is COc1ccc([C@H]2CC(=O)Oc3ccc4c(c32)O/C(=C\c2cn(C)c3ccccc23)C4=O)c(OC)c1. The van der Waals surface area contributed by atoms with Gasteiger partial charge in [-0.15, -0.1) is 0 Å². The summed E-state index contributed by atoms with van der Waals surface area (Å²) in [6.07, 6.45) is 3.83. The van der Waals surface area contributed by atoms with Crippen LogP contribution in [0.5, 0.6) is 23.0 Å². The Labute approximate surface area is 207 Å². The van der Waals surface area contributed by atoms with E-state index in [1.54, 1.807) is 38.5 Å². The van der Waals surface area contributed by atoms with Gasteiger partial charge in [0.15, 0.2) is 5.76 Å². The predicted octanol–water partition coefficient (Wildman–Crippen LogP) is 5.25. The lowest BCUT2D eigenvalue weighted by Crippen LogP contribution is -2.22. The van der Waals surface area contributed by atoms with Gasteiger partial charge in [0.2, 0.25) is 5.78 Å². The van der Waals surface area contributed by atoms with Crippen LogP contribution in [0.25, 0.3) is 17.0 Å². The van der Waals surface area contributed by atoms with E-state index in [1.807, 2.05) is 54.2 Å². The monoisotopic (exact) mass is 481 g/mol. The average molecular weight is 482 g/mol. The average Bonchev–Trinajstić information content (AvgIpc) is 3.39. The van der Waals surface area contributed by atoms with Crippen molar-refractivity contribution in [1.29, 1.82) is 0 Å². The number of aryl methyl sites for hydroxylation is 1. The fraction of sp³-hybridized carbons (Fsp3) is 0.172. The normalized spacial score (nSPS) is 17.5. The van der Waals surface area contributed by atoms with Crippen molar-refractivity contribution in [2.24, 2.45) is 7.05 Å². The lowest BCUT2D eigenvalue weighted by molar-refractivity contribution is -0.135. The van der Waals surface area contributed by atoms with Gasteiger partial charge < -0.3 is 23.5 Å². The third kappa shape index (κ3) is 3.35. The summed E-state index contributed by atoms with van der Waals surface area (Å²) < 4.78 is 24.8. The van der Waals surface area contributed by atoms with Crippen LogP contribution >= 0.6 is 0 Å². The van der Waals surface area contributed by atoms with Crippen molar-refractivity contribution in [3.8, 4) is 23.0 Å². The number of ketones is 1. The van der Waals surface area contributed by atoms with Gasteiger partial charge in [-0.1, -0.05) is 24.3 Å². The molecule has 0 radical (unpaired) electrons. The lowest BCUT2D eigenvalue weighted by Gasteiger charge is -2.27. The Morgan fingerprint density at radius 2 is 1.83 bits per heavy atom. The van der Waals surface area contributed by atoms with E-state index in [-0.39, 0.29) is 23.9 Å². The van der Waals surface area contributed by atoms with Crippen LogP contribution in [0.4, 0.5) is 0 Å². The Morgan fingerprint density at radius 3 is 2.64 bits per heavy atom. The number of carbonyl (C=O) groups excluding carboxylic acids is 2. The lowest BCUT2D eigenvalue weighted by atomic mass is 9.84. The van der Waals surface area contributed by atoms with Gasteiger partial charge in [0.25, 0.3) is 0 Å². The number of hydrogen-bond acceptors (Lipinski definition) is 6. The van der Waals surface area contributed by atoms with Crippen molar-refractivity contribution in [2.45, 2.75) is 12.3 Å². The van der Waals surface area contributed by atoms with E-state index in [1.165, 1.54) is 0 Å². The number of methoxy groups -OCH3 is 2. The van der Waals surface area contributed by atoms with Gasteiger partial charge in [0.1, 0.15) is 23.0 Å². The predicted molar refractivity (Wildman–Crippen MR) is 134 cm³/mol. The molecule has 1 aromatic heterocycles. The first-order valence-electron chi connectivity index (χ1n) is 11.6. The number of Topliss-reactive ketones (excluding diaryl/α,β-unsaturated/α-hetero) is 1. The minimum atomic E-state index is -0.415. The zero-order chi connectivity index (χ0) is 25.0. The van der Waals surface area contributed by atoms with Crippen molar-refractivity contribution in [1.82, 2.24) is 4.57 Å². The van der Waals surface area contributed by atoms with Crippen molar-refractivity contribution >= 4 is 28.7 Å². The van der Waals surface area contributed by atoms with E-state index >= 15 is 0 Å². The highest BCUT2D eigenvalue weighted by Gasteiger charge is 2.39. The number of para-hydroxylation sites is 1. The van der Waals surface area contributed by atoms with Gasteiger partial charge in [-0.2, -0.15) is 0 Å². The second kappa shape index (κ2) is 8.30. The molecule has 3 heterocycles. The molecule has 6 rings (SSSR count). The molecule has 0 bridgehead atoms. The summed E-state index contributed by atoms with van der Waals surface area (Å²) in [5, 5.41) is 1.02. The first kappa shape index (κ1) is 22.0. The molecule has 0 N–H and O–H groups in total. The molecule has 2 aliphatic rings. The number of aromatic nitrogens is 1. The van der Waals surface area contributed by atoms with E-state index in [2.05, 4.69) is 0 Å². The van der Waals surface area contributed by atoms with Crippen molar-refractivity contribution in [2.75, 3.05) is 14.2 Å². The van der Waals surface area contributed by atoms with Gasteiger partial charge in [0, 0.05) is 52.8 Å². The maximum Gasteiger partial charge on any atom is 0.312 e. The Kier molecular flexibility index (Phi) is 5.07. The first-order chi connectivity index (χ1) is 17.5. The Morgan fingerprint density at radius 1 is 1.00 bits per heavy atom. The van der Waals surface area contributed by atoms with Crippen LogP contribution in [0.1, 0.15) is 39.4 Å². The molecule has 0 saturated carbocycles. The van der Waals surface area contributed by atoms with Crippen LogP contribution in [0.2, 0.25) is 0 Å². The number of benzene rings is 3. The summed E-state index contributed by atoms with van der Waals surface area (Å²) in [5.74, 6) is 1.26. The summed E-state index contributed by atoms with van der Waals surface area (Å²) in [5.41, 5.74) is 3.83. The summed E-state index contributed by atoms with van der Waals surface area (Å²) in [6, 6.07) is 16.8. The second-order valence-electron chi connectivity index (χ2n) is 8.84. The summed E-state index contributed by atoms with van der Waals surface area (Å²) in [6.45, 7) is 0. The minimum Gasteiger partial charge on any atom is -0.497 e. The number of carbonyl (C=O) groups is 2. The third-order valence-corrected chi connectivity index (χ3v) is 6.81. The van der Waals surface area contributed by atoms with Gasteiger partial charge in [-0.05, 0) is 30.3 Å². The quantitative estimate of drug-likeness (QED) is 0.225. The van der Waals surface area contributed by atoms with Gasteiger partial charge in [-0.25, -0.2) is 0 Å². The molecule has 7 nitrogen and oxygen atoms in total. The van der Waals surface area contributed by atoms with E-state index in [9.17, 15) is 9.59 Å². The van der Waals surface area contributed by atoms with E-state index in [0.717, 1.165) is 22.0 Å². The number of allylic oxidation sites excluding steroid dienone is 1. The van der Waals surface area contributed by atoms with Crippen LogP contribution in [0, 0.1) is 0 Å². The molecule has 0 amide bonds. The molecule has 1 atom stereocenters. The summed E-state index contributed by atoms with van der Waals surface area (Å²) >= 11 is 0. The van der Waals surface area contributed by atoms with Crippen LogP contribution < -0.4 is 18.9 Å². The standard InChI is InChI=1S/C29H23NO6/c1-30-15-16(18-6-4-5-7-22(18)30)12-25-28(32)20-10-11-23-27(29(20)36-25)21(14-26(31)35-23)19-9-8-17(33-2)13-24(19)34-3/h4-13,15,21H,14H2,1-3H3/b25-12-/t21-/m1/s1. The van der Waals surface area contributed by atoms with E-state index in [4.69, 9.17) is 18.9 Å². The third-order valence-electron chi connectivity index (χ3n) is 6.81. The topological polar surface area (TPSA) is 76.0 Å². The second-order valence-corrected chi connectivity index (χ2v) is 8.84. The summed E-state index contributed by atoms with van der Waals surface area (Å²) in [7, 11) is 5.12. The van der Waals surface area contributed by atoms with E-state index < -0.39 is 5.92 Å². The number of esters is 1. The first-order valence-corrected chi connectivity index (χ1v) is 11.6. The number of nitrogens with zero attached hydrogens (tertiary/aromatic N) is 1. The Bertz CT molecular complexity index is 1600. The van der Waals surface area contributed by atoms with Crippen LogP contribution in [0.15, 0.2) is 66.6 Å².